The molecule has 21 heavy (non-hydrogen) atoms. The maximum absolute atomic E-state index is 2.60. The van der Waals surface area contributed by atoms with Crippen LogP contribution in [0.4, 0.5) is 0 Å². The molecule has 0 aromatic rings. The van der Waals surface area contributed by atoms with Gasteiger partial charge in [-0.1, -0.05) is 13.3 Å². The Hall–Kier alpha value is 0.430. The van der Waals surface area contributed by atoms with Crippen LogP contribution in [0.5, 0.6) is 0 Å². The molecule has 0 fully saturated rings. The molecule has 0 aliphatic carbocycles. The molecule has 0 saturated carbocycles. The zero-order valence-electron chi connectivity index (χ0n) is 15.8. The van der Waals surface area contributed by atoms with Crippen LogP contribution in [0.2, 0.25) is 0 Å². The van der Waals surface area contributed by atoms with E-state index in [0.29, 0.717) is 0 Å². The monoisotopic (exact) mass is 316 g/mol. The van der Waals surface area contributed by atoms with Crippen LogP contribution in [0.25, 0.3) is 0 Å². The first-order valence-corrected chi connectivity index (χ1v) is 13.5. The predicted octanol–water partition coefficient (Wildman–Crippen LogP) is 7.50. The van der Waals surface area contributed by atoms with E-state index in [1.807, 2.05) is 0 Å². The third-order valence-corrected chi connectivity index (χ3v) is 8.33. The van der Waals surface area contributed by atoms with Gasteiger partial charge in [-0.05, 0) is 0 Å². The first-order chi connectivity index (χ1) is 10.1. The fourth-order valence-electron chi connectivity index (χ4n) is 3.22. The van der Waals surface area contributed by atoms with Gasteiger partial charge in [0.1, 0.15) is 0 Å². The molecule has 0 bridgehead atoms. The molecule has 0 aliphatic heterocycles. The van der Waals surface area contributed by atoms with Gasteiger partial charge in [0.25, 0.3) is 0 Å². The van der Waals surface area contributed by atoms with E-state index in [-0.39, 0.29) is 0 Å². The summed E-state index contributed by atoms with van der Waals surface area (Å²) in [5.74, 6) is 0. The molecule has 0 unspecified atom stereocenters. The number of hydrogen-bond acceptors (Lipinski definition) is 0. The van der Waals surface area contributed by atoms with Gasteiger partial charge in [-0.15, -0.1) is 0 Å². The Morgan fingerprint density at radius 1 is 0.429 bits per heavy atom. The summed E-state index contributed by atoms with van der Waals surface area (Å²) in [6.07, 6.45) is 23.7. The summed E-state index contributed by atoms with van der Waals surface area (Å²) < 4.78 is 0. The van der Waals surface area contributed by atoms with E-state index in [1.54, 1.807) is 12.3 Å². The summed E-state index contributed by atoms with van der Waals surface area (Å²) >= 11 is 0. The van der Waals surface area contributed by atoms with E-state index >= 15 is 0 Å². The van der Waals surface area contributed by atoms with E-state index in [0.717, 1.165) is 0 Å². The first kappa shape index (κ1) is 21.4. The van der Waals surface area contributed by atoms with Crippen LogP contribution >= 0.6 is 7.26 Å². The van der Waals surface area contributed by atoms with Crippen molar-refractivity contribution >= 4 is 7.26 Å². The molecule has 0 amide bonds. The predicted molar refractivity (Wildman–Crippen MR) is 106 cm³/mol. The average Bonchev–Trinajstić information content (AvgIpc) is 2.46. The molecule has 0 aromatic heterocycles. The van der Waals surface area contributed by atoms with Gasteiger partial charge in [-0.3, -0.25) is 0 Å². The standard InChI is InChI=1S/C20H45P/c1-5-7-9-10-11-12-13-14-15-16-17-18-20-21(3,4)19-8-6-2/h21H,5-20H2,1-4H3. The molecule has 0 atom stereocenters. The Bertz CT molecular complexity index is 198. The van der Waals surface area contributed by atoms with Crippen molar-refractivity contribution < 1.29 is 0 Å². The van der Waals surface area contributed by atoms with Crippen molar-refractivity contribution in [3.63, 3.8) is 0 Å². The van der Waals surface area contributed by atoms with E-state index in [9.17, 15) is 0 Å². The van der Waals surface area contributed by atoms with Crippen LogP contribution in [-0.2, 0) is 0 Å². The van der Waals surface area contributed by atoms with Gasteiger partial charge in [-0.25, -0.2) is 0 Å². The zero-order valence-corrected chi connectivity index (χ0v) is 16.8. The molecule has 0 aromatic carbocycles. The molecule has 0 saturated heterocycles. The SMILES string of the molecule is CCCCCCCCCCCCCC[PH](C)(C)CCCC. The van der Waals surface area contributed by atoms with Gasteiger partial charge in [0.2, 0.25) is 0 Å². The normalized spacial score (nSPS) is 12.8. The Morgan fingerprint density at radius 2 is 0.762 bits per heavy atom. The Balaban J connectivity index is 3.18. The molecule has 0 N–H and O–H groups in total. The second-order valence-electron chi connectivity index (χ2n) is 7.91. The van der Waals surface area contributed by atoms with Gasteiger partial charge in [0.05, 0.1) is 0 Å². The Labute approximate surface area is 137 Å². The summed E-state index contributed by atoms with van der Waals surface area (Å²) in [5, 5.41) is 0. The molecular weight excluding hydrogens is 271 g/mol. The van der Waals surface area contributed by atoms with E-state index in [1.165, 1.54) is 89.9 Å². The quantitative estimate of drug-likeness (QED) is 0.204. The van der Waals surface area contributed by atoms with Crippen molar-refractivity contribution in [1.82, 2.24) is 0 Å². The van der Waals surface area contributed by atoms with Crippen LogP contribution in [0.15, 0.2) is 0 Å². The third kappa shape index (κ3) is 16.6. The Morgan fingerprint density at radius 3 is 1.19 bits per heavy atom. The van der Waals surface area contributed by atoms with Gasteiger partial charge in [-0.2, -0.15) is 0 Å². The minimum atomic E-state index is -0.822. The van der Waals surface area contributed by atoms with Crippen molar-refractivity contribution in [1.29, 1.82) is 0 Å². The molecular formula is C20H45P. The van der Waals surface area contributed by atoms with Gasteiger partial charge >= 0.3 is 123 Å². The van der Waals surface area contributed by atoms with Crippen molar-refractivity contribution in [3.8, 4) is 0 Å². The maximum atomic E-state index is 2.60. The molecule has 0 nitrogen and oxygen atoms in total. The fraction of sp³-hybridized carbons (Fsp3) is 1.00. The molecule has 0 heterocycles. The van der Waals surface area contributed by atoms with Crippen LogP contribution in [0, 0.1) is 0 Å². The number of rotatable bonds is 16. The number of unbranched alkanes of at least 4 members (excludes halogenated alkanes) is 12. The minimum absolute atomic E-state index is 0.822. The molecule has 1 heteroatoms. The molecule has 0 aliphatic rings. The van der Waals surface area contributed by atoms with Gasteiger partial charge in [0, 0.05) is 0 Å². The van der Waals surface area contributed by atoms with Crippen LogP contribution in [0.3, 0.4) is 0 Å². The number of hydrogen-bond donors (Lipinski definition) is 0. The summed E-state index contributed by atoms with van der Waals surface area (Å²) in [6, 6.07) is 0. The average molecular weight is 317 g/mol. The van der Waals surface area contributed by atoms with Crippen molar-refractivity contribution in [2.24, 2.45) is 0 Å². The summed E-state index contributed by atoms with van der Waals surface area (Å²) in [5.41, 5.74) is 0. The van der Waals surface area contributed by atoms with Gasteiger partial charge in [0.15, 0.2) is 0 Å². The second kappa shape index (κ2) is 15.3. The van der Waals surface area contributed by atoms with Crippen molar-refractivity contribution in [2.45, 2.75) is 104 Å². The molecule has 0 radical (unpaired) electrons. The molecule has 0 rings (SSSR count). The van der Waals surface area contributed by atoms with Crippen LogP contribution in [0.1, 0.15) is 104 Å². The summed E-state index contributed by atoms with van der Waals surface area (Å²) in [7, 11) is -0.822. The van der Waals surface area contributed by atoms with E-state index < -0.39 is 7.26 Å². The summed E-state index contributed by atoms with van der Waals surface area (Å²) in [6.45, 7) is 9.82. The van der Waals surface area contributed by atoms with Crippen LogP contribution < -0.4 is 0 Å². The molecule has 130 valence electrons. The van der Waals surface area contributed by atoms with E-state index in [2.05, 4.69) is 27.2 Å². The first-order valence-electron chi connectivity index (χ1n) is 10.1. The third-order valence-electron chi connectivity index (χ3n) is 4.91. The van der Waals surface area contributed by atoms with Crippen LogP contribution in [-0.4, -0.2) is 25.7 Å². The zero-order chi connectivity index (χ0) is 15.8. The fourth-order valence-corrected chi connectivity index (χ4v) is 5.99. The Kier molecular flexibility index (Phi) is 15.6. The van der Waals surface area contributed by atoms with Crippen molar-refractivity contribution in [2.75, 3.05) is 25.7 Å². The van der Waals surface area contributed by atoms with E-state index in [4.69, 9.17) is 0 Å². The topological polar surface area (TPSA) is 0 Å². The van der Waals surface area contributed by atoms with Gasteiger partial charge < -0.3 is 0 Å². The second-order valence-corrected chi connectivity index (χ2v) is 13.2. The summed E-state index contributed by atoms with van der Waals surface area (Å²) in [4.78, 5) is 0. The van der Waals surface area contributed by atoms with Crippen molar-refractivity contribution in [3.05, 3.63) is 0 Å². The molecule has 0 spiro atoms.